The van der Waals surface area contributed by atoms with Crippen molar-refractivity contribution in [2.75, 3.05) is 51.1 Å². The lowest BCUT2D eigenvalue weighted by Gasteiger charge is -2.39. The third-order valence-electron chi connectivity index (χ3n) is 10.7. The van der Waals surface area contributed by atoms with Gasteiger partial charge in [-0.2, -0.15) is 0 Å². The molecule has 6 rings (SSSR count). The molecule has 4 heterocycles. The van der Waals surface area contributed by atoms with Crippen molar-refractivity contribution in [3.05, 3.63) is 41.2 Å². The molecule has 4 fully saturated rings. The van der Waals surface area contributed by atoms with E-state index in [4.69, 9.17) is 16.3 Å². The van der Waals surface area contributed by atoms with Crippen molar-refractivity contribution in [1.82, 2.24) is 20.0 Å². The molecule has 5 aliphatic rings. The second-order valence-corrected chi connectivity index (χ2v) is 13.4. The molecule has 0 radical (unpaired) electrons. The van der Waals surface area contributed by atoms with Gasteiger partial charge in [-0.1, -0.05) is 57.4 Å². The summed E-state index contributed by atoms with van der Waals surface area (Å²) in [6, 6.07) is 3.12. The third kappa shape index (κ3) is 5.49. The Bertz CT molecular complexity index is 1290. The van der Waals surface area contributed by atoms with E-state index in [1.165, 1.54) is 18.2 Å². The van der Waals surface area contributed by atoms with Crippen molar-refractivity contribution in [2.24, 2.45) is 23.7 Å². The number of likely N-dealkylation sites (tertiary alicyclic amines) is 1. The number of ether oxygens (including phenoxy) is 1. The van der Waals surface area contributed by atoms with Gasteiger partial charge in [-0.05, 0) is 43.0 Å². The minimum absolute atomic E-state index is 0.0238. The molecule has 4 aliphatic heterocycles. The number of carbonyl (C=O) groups excluding carboxylic acids is 3. The van der Waals surface area contributed by atoms with Gasteiger partial charge in [0.15, 0.2) is 0 Å². The van der Waals surface area contributed by atoms with Crippen LogP contribution >= 0.6 is 11.6 Å². The number of amides is 3. The fourth-order valence-electron chi connectivity index (χ4n) is 7.93. The maximum Gasteiger partial charge on any atom is 0.246 e. The Kier molecular flexibility index (Phi) is 8.58. The first-order valence-electron chi connectivity index (χ1n) is 15.8. The van der Waals surface area contributed by atoms with E-state index in [1.807, 2.05) is 12.2 Å². The molecular formula is C32H43ClFN5O4. The van der Waals surface area contributed by atoms with Gasteiger partial charge in [-0.15, -0.1) is 0 Å². The lowest BCUT2D eigenvalue weighted by atomic mass is 9.73. The molecule has 2 bridgehead atoms. The van der Waals surface area contributed by atoms with Gasteiger partial charge in [0.05, 0.1) is 23.0 Å². The number of hydrogen-bond donors (Lipinski definition) is 2. The minimum Gasteiger partial charge on any atom is -0.359 e. The van der Waals surface area contributed by atoms with Crippen LogP contribution in [0.5, 0.6) is 0 Å². The predicted molar refractivity (Wildman–Crippen MR) is 162 cm³/mol. The highest BCUT2D eigenvalue weighted by atomic mass is 35.5. The molecule has 1 aromatic carbocycles. The first kappa shape index (κ1) is 30.5. The fraction of sp³-hybridized carbons (Fsp3) is 0.656. The molecule has 1 saturated carbocycles. The van der Waals surface area contributed by atoms with Gasteiger partial charge in [-0.25, -0.2) is 4.39 Å². The van der Waals surface area contributed by atoms with Gasteiger partial charge in [0, 0.05) is 51.0 Å². The predicted octanol–water partition coefficient (Wildman–Crippen LogP) is 3.15. The van der Waals surface area contributed by atoms with Crippen molar-refractivity contribution in [3.8, 4) is 0 Å². The summed E-state index contributed by atoms with van der Waals surface area (Å²) in [6.45, 7) is 12.4. The first-order valence-corrected chi connectivity index (χ1v) is 16.2. The van der Waals surface area contributed by atoms with Crippen LogP contribution in [0.2, 0.25) is 5.02 Å². The van der Waals surface area contributed by atoms with Gasteiger partial charge >= 0.3 is 0 Å². The number of nitrogens with one attached hydrogen (secondary N) is 2. The monoisotopic (exact) mass is 615 g/mol. The SMILES string of the molecule is CCN1CCN(CCN2C(=O)[C@H]3[C@H](C(=O)Nc4ccc(F)c(Cl)c4)[C@H]4C=C[C@@]3(O4)[C@@H]2C(=O)N[C@@H]2CCC[C@@H](C)[C@@H]2C)CC1. The molecule has 11 heteroatoms. The van der Waals surface area contributed by atoms with Crippen molar-refractivity contribution < 1.29 is 23.5 Å². The molecule has 1 spiro atoms. The zero-order chi connectivity index (χ0) is 30.5. The number of fused-ring (bicyclic) bond motifs is 1. The minimum atomic E-state index is -1.22. The van der Waals surface area contributed by atoms with E-state index in [-0.39, 0.29) is 22.9 Å². The zero-order valence-corrected chi connectivity index (χ0v) is 26.0. The quantitative estimate of drug-likeness (QED) is 0.437. The Labute approximate surface area is 258 Å². The highest BCUT2D eigenvalue weighted by molar-refractivity contribution is 6.31. The molecular weight excluding hydrogens is 573 g/mol. The molecule has 3 saturated heterocycles. The van der Waals surface area contributed by atoms with Crippen molar-refractivity contribution in [2.45, 2.75) is 63.8 Å². The number of halogens is 2. The summed E-state index contributed by atoms with van der Waals surface area (Å²) in [6.07, 6.45) is 6.11. The fourth-order valence-corrected chi connectivity index (χ4v) is 8.11. The maximum atomic E-state index is 14.3. The number of carbonyl (C=O) groups is 3. The van der Waals surface area contributed by atoms with Crippen LogP contribution in [0.3, 0.4) is 0 Å². The Hall–Kier alpha value is -2.53. The zero-order valence-electron chi connectivity index (χ0n) is 25.2. The summed E-state index contributed by atoms with van der Waals surface area (Å²) in [4.78, 5) is 48.6. The van der Waals surface area contributed by atoms with Crippen molar-refractivity contribution in [3.63, 3.8) is 0 Å². The number of piperazine rings is 1. The highest BCUT2D eigenvalue weighted by Crippen LogP contribution is 2.55. The van der Waals surface area contributed by atoms with Gasteiger partial charge < -0.3 is 25.2 Å². The van der Waals surface area contributed by atoms with E-state index in [0.717, 1.165) is 52.0 Å². The lowest BCUT2D eigenvalue weighted by Crippen LogP contribution is -2.58. The number of likely N-dealkylation sites (N-methyl/N-ethyl adjacent to an activating group) is 1. The van der Waals surface area contributed by atoms with Gasteiger partial charge in [0.1, 0.15) is 17.5 Å². The van der Waals surface area contributed by atoms with Gasteiger partial charge in [0.25, 0.3) is 0 Å². The molecule has 3 amide bonds. The van der Waals surface area contributed by atoms with Crippen LogP contribution in [-0.2, 0) is 19.1 Å². The van der Waals surface area contributed by atoms with Crippen molar-refractivity contribution in [1.29, 1.82) is 0 Å². The number of anilines is 1. The number of benzene rings is 1. The van der Waals surface area contributed by atoms with Crippen LogP contribution in [-0.4, -0.2) is 102 Å². The Balaban J connectivity index is 1.25. The summed E-state index contributed by atoms with van der Waals surface area (Å²) in [7, 11) is 0. The van der Waals surface area contributed by atoms with Gasteiger partial charge in [-0.3, -0.25) is 19.3 Å². The summed E-state index contributed by atoms with van der Waals surface area (Å²) >= 11 is 5.94. The van der Waals surface area contributed by atoms with E-state index in [0.29, 0.717) is 30.6 Å². The molecule has 43 heavy (non-hydrogen) atoms. The van der Waals surface area contributed by atoms with Crippen LogP contribution in [0, 0.1) is 29.5 Å². The summed E-state index contributed by atoms with van der Waals surface area (Å²) in [5.41, 5.74) is -0.890. The summed E-state index contributed by atoms with van der Waals surface area (Å²) in [5, 5.41) is 6.01. The average molecular weight is 616 g/mol. The Morgan fingerprint density at radius 1 is 1.09 bits per heavy atom. The van der Waals surface area contributed by atoms with E-state index >= 15 is 0 Å². The molecule has 1 aromatic rings. The standard InChI is InChI=1S/C32H43ClFN5O4/c1-4-37-12-14-38(15-13-37)16-17-39-28(30(41)36-24-7-5-6-19(2)20(24)3)32-11-10-25(43-32)26(27(32)31(39)42)29(40)35-21-8-9-23(34)22(33)18-21/h8-11,18-20,24-28H,4-7,12-17H2,1-3H3,(H,35,40)(H,36,41)/t19-,20+,24-,25-,26-,27-,28+,32+/m1/s1. The van der Waals surface area contributed by atoms with Crippen LogP contribution in [0.4, 0.5) is 10.1 Å². The van der Waals surface area contributed by atoms with E-state index in [9.17, 15) is 18.8 Å². The average Bonchev–Trinajstić information content (AvgIpc) is 3.63. The lowest BCUT2D eigenvalue weighted by molar-refractivity contribution is -0.142. The third-order valence-corrected chi connectivity index (χ3v) is 11.0. The van der Waals surface area contributed by atoms with Gasteiger partial charge in [0.2, 0.25) is 17.7 Å². The topological polar surface area (TPSA) is 94.2 Å². The normalized spacial score (nSPS) is 35.8. The number of nitrogens with zero attached hydrogens (tertiary/aromatic N) is 3. The molecule has 9 nitrogen and oxygen atoms in total. The van der Waals surface area contributed by atoms with Crippen LogP contribution in [0.15, 0.2) is 30.4 Å². The Morgan fingerprint density at radius 3 is 2.56 bits per heavy atom. The van der Waals surface area contributed by atoms with E-state index in [1.54, 1.807) is 4.90 Å². The number of hydrogen-bond acceptors (Lipinski definition) is 6. The maximum absolute atomic E-state index is 14.3. The van der Waals surface area contributed by atoms with E-state index < -0.39 is 41.3 Å². The van der Waals surface area contributed by atoms with Crippen molar-refractivity contribution >= 4 is 35.0 Å². The molecule has 8 atom stereocenters. The van der Waals surface area contributed by atoms with E-state index in [2.05, 4.69) is 41.2 Å². The highest BCUT2D eigenvalue weighted by Gasteiger charge is 2.72. The van der Waals surface area contributed by atoms with Crippen LogP contribution in [0.25, 0.3) is 0 Å². The molecule has 1 aliphatic carbocycles. The summed E-state index contributed by atoms with van der Waals surface area (Å²) in [5.74, 6) is -2.29. The Morgan fingerprint density at radius 2 is 1.84 bits per heavy atom. The molecule has 234 valence electrons. The smallest absolute Gasteiger partial charge is 0.246 e. The molecule has 2 N–H and O–H groups in total. The molecule has 0 unspecified atom stereocenters. The first-order chi connectivity index (χ1) is 20.6. The second-order valence-electron chi connectivity index (χ2n) is 13.0. The molecule has 0 aromatic heterocycles. The number of rotatable bonds is 8. The summed E-state index contributed by atoms with van der Waals surface area (Å²) < 4.78 is 20.2. The van der Waals surface area contributed by atoms with Crippen LogP contribution in [0.1, 0.15) is 40.0 Å². The second kappa shape index (κ2) is 12.1. The largest absolute Gasteiger partial charge is 0.359 e. The van der Waals surface area contributed by atoms with Crippen LogP contribution < -0.4 is 10.6 Å².